The highest BCUT2D eigenvalue weighted by atomic mass is 16.5. The van der Waals surface area contributed by atoms with E-state index in [4.69, 9.17) is 4.74 Å². The number of hydrogen-bond donors (Lipinski definition) is 0. The van der Waals surface area contributed by atoms with Crippen molar-refractivity contribution in [2.24, 2.45) is 11.8 Å². The summed E-state index contributed by atoms with van der Waals surface area (Å²) in [7, 11) is 0. The van der Waals surface area contributed by atoms with Crippen LogP contribution >= 0.6 is 0 Å². The normalized spacial score (nSPS) is 33.2. The quantitative estimate of drug-likeness (QED) is 0.812. The van der Waals surface area contributed by atoms with Gasteiger partial charge in [0.25, 0.3) is 0 Å². The summed E-state index contributed by atoms with van der Waals surface area (Å²) in [6.07, 6.45) is 8.80. The summed E-state index contributed by atoms with van der Waals surface area (Å²) in [5.41, 5.74) is 1.50. The molecule has 2 bridgehead atoms. The van der Waals surface area contributed by atoms with Gasteiger partial charge in [-0.3, -0.25) is 0 Å². The molecule has 1 aromatic rings. The van der Waals surface area contributed by atoms with E-state index in [1.54, 1.807) is 0 Å². The average Bonchev–Trinajstić information content (AvgIpc) is 3.11. The third-order valence-electron chi connectivity index (χ3n) is 6.28. The molecule has 4 aliphatic rings. The number of nitrogens with zero attached hydrogens (tertiary/aromatic N) is 1. The molecular formula is C20H29NO. The maximum Gasteiger partial charge on any atom is 0.0731 e. The maximum absolute atomic E-state index is 6.50. The molecule has 2 unspecified atom stereocenters. The minimum atomic E-state index is 0.495. The van der Waals surface area contributed by atoms with Crippen LogP contribution < -0.4 is 0 Å². The minimum Gasteiger partial charge on any atom is -0.376 e. The van der Waals surface area contributed by atoms with Crippen LogP contribution in [-0.4, -0.2) is 37.2 Å². The molecular weight excluding hydrogens is 270 g/mol. The second-order valence-electron chi connectivity index (χ2n) is 7.57. The van der Waals surface area contributed by atoms with E-state index in [0.29, 0.717) is 12.0 Å². The predicted octanol–water partition coefficient (Wildman–Crippen LogP) is 4.07. The number of hydrogen-bond acceptors (Lipinski definition) is 2. The Kier molecular flexibility index (Phi) is 4.49. The third-order valence-corrected chi connectivity index (χ3v) is 6.28. The van der Waals surface area contributed by atoms with Crippen LogP contribution in [0.1, 0.15) is 50.0 Å². The predicted molar refractivity (Wildman–Crippen MR) is 90.0 cm³/mol. The zero-order valence-electron chi connectivity index (χ0n) is 13.6. The van der Waals surface area contributed by atoms with Gasteiger partial charge in [-0.05, 0) is 56.2 Å². The number of piperidine rings is 3. The first kappa shape index (κ1) is 14.7. The van der Waals surface area contributed by atoms with Crippen LogP contribution in [0.4, 0.5) is 0 Å². The summed E-state index contributed by atoms with van der Waals surface area (Å²) in [6, 6.07) is 11.1. The lowest BCUT2D eigenvalue weighted by atomic mass is 9.84. The number of benzene rings is 1. The van der Waals surface area contributed by atoms with Crippen molar-refractivity contribution in [1.29, 1.82) is 0 Å². The summed E-state index contributed by atoms with van der Waals surface area (Å²) < 4.78 is 6.50. The topological polar surface area (TPSA) is 12.5 Å². The summed E-state index contributed by atoms with van der Waals surface area (Å²) in [5.74, 6) is 2.27. The second-order valence-corrected chi connectivity index (χ2v) is 7.57. The summed E-state index contributed by atoms with van der Waals surface area (Å²) in [5, 5.41) is 0. The fraction of sp³-hybridized carbons (Fsp3) is 0.700. The molecule has 4 fully saturated rings. The van der Waals surface area contributed by atoms with Crippen LogP contribution in [0.25, 0.3) is 0 Å². The lowest BCUT2D eigenvalue weighted by Crippen LogP contribution is -2.51. The third kappa shape index (κ3) is 3.09. The van der Waals surface area contributed by atoms with E-state index in [-0.39, 0.29) is 0 Å². The summed E-state index contributed by atoms with van der Waals surface area (Å²) in [4.78, 5) is 2.59. The Morgan fingerprint density at radius 1 is 1.00 bits per heavy atom. The van der Waals surface area contributed by atoms with Gasteiger partial charge >= 0.3 is 0 Å². The lowest BCUT2D eigenvalue weighted by Gasteiger charge is -2.45. The lowest BCUT2D eigenvalue weighted by molar-refractivity contribution is -0.0762. The van der Waals surface area contributed by atoms with Crippen molar-refractivity contribution in [2.75, 3.05) is 26.2 Å². The van der Waals surface area contributed by atoms with Crippen molar-refractivity contribution in [3.05, 3.63) is 35.9 Å². The fourth-order valence-corrected chi connectivity index (χ4v) is 4.89. The van der Waals surface area contributed by atoms with Crippen LogP contribution in [0, 0.1) is 11.8 Å². The molecule has 0 radical (unpaired) electrons. The Hall–Kier alpha value is -0.860. The van der Waals surface area contributed by atoms with Gasteiger partial charge in [0.15, 0.2) is 0 Å². The second kappa shape index (κ2) is 6.72. The van der Waals surface area contributed by atoms with Crippen molar-refractivity contribution in [3.63, 3.8) is 0 Å². The first-order valence-corrected chi connectivity index (χ1v) is 9.29. The largest absolute Gasteiger partial charge is 0.376 e. The number of fused-ring (bicyclic) bond motifs is 3. The molecule has 3 heterocycles. The van der Waals surface area contributed by atoms with Crippen molar-refractivity contribution < 1.29 is 4.74 Å². The standard InChI is InChI=1S/C20H29NO/c1-2-6-16(7-3-1)19(17-8-4-5-9-17)15-22-20-14-21-12-10-18(20)11-13-21/h1-3,6-7,17-20H,4-5,8-15H2. The maximum atomic E-state index is 6.50. The van der Waals surface area contributed by atoms with E-state index in [2.05, 4.69) is 35.2 Å². The van der Waals surface area contributed by atoms with E-state index >= 15 is 0 Å². The Morgan fingerprint density at radius 3 is 2.36 bits per heavy atom. The van der Waals surface area contributed by atoms with Crippen LogP contribution in [0.15, 0.2) is 30.3 Å². The number of ether oxygens (including phenoxy) is 1. The van der Waals surface area contributed by atoms with Crippen LogP contribution in [0.3, 0.4) is 0 Å². The zero-order chi connectivity index (χ0) is 14.8. The zero-order valence-corrected chi connectivity index (χ0v) is 13.6. The Labute approximate surface area is 134 Å². The molecule has 3 saturated heterocycles. The molecule has 2 heteroatoms. The Morgan fingerprint density at radius 2 is 1.73 bits per heavy atom. The van der Waals surface area contributed by atoms with Crippen LogP contribution in [0.5, 0.6) is 0 Å². The molecule has 1 aliphatic carbocycles. The van der Waals surface area contributed by atoms with Crippen molar-refractivity contribution >= 4 is 0 Å². The monoisotopic (exact) mass is 299 g/mol. The molecule has 1 saturated carbocycles. The summed E-state index contributed by atoms with van der Waals surface area (Å²) >= 11 is 0. The van der Waals surface area contributed by atoms with Crippen LogP contribution in [0.2, 0.25) is 0 Å². The summed E-state index contributed by atoms with van der Waals surface area (Å²) in [6.45, 7) is 4.71. The highest BCUT2D eigenvalue weighted by Crippen LogP contribution is 2.38. The van der Waals surface area contributed by atoms with Crippen molar-refractivity contribution in [1.82, 2.24) is 4.90 Å². The van der Waals surface area contributed by atoms with E-state index in [0.717, 1.165) is 18.4 Å². The Balaban J connectivity index is 1.42. The first-order chi connectivity index (χ1) is 10.9. The van der Waals surface area contributed by atoms with Crippen LogP contribution in [-0.2, 0) is 4.74 Å². The van der Waals surface area contributed by atoms with Gasteiger partial charge in [-0.25, -0.2) is 0 Å². The van der Waals surface area contributed by atoms with Crippen molar-refractivity contribution in [3.8, 4) is 0 Å². The molecule has 3 aliphatic heterocycles. The molecule has 5 rings (SSSR count). The molecule has 0 N–H and O–H groups in total. The van der Waals surface area contributed by atoms with Gasteiger partial charge in [-0.15, -0.1) is 0 Å². The van der Waals surface area contributed by atoms with Gasteiger partial charge in [-0.1, -0.05) is 43.2 Å². The molecule has 2 nitrogen and oxygen atoms in total. The first-order valence-electron chi connectivity index (χ1n) is 9.29. The molecule has 2 atom stereocenters. The fourth-order valence-electron chi connectivity index (χ4n) is 4.89. The molecule has 0 aromatic heterocycles. The van der Waals surface area contributed by atoms with Gasteiger partial charge in [0, 0.05) is 12.5 Å². The molecule has 1 aromatic carbocycles. The van der Waals surface area contributed by atoms with Gasteiger partial charge in [0.2, 0.25) is 0 Å². The Bertz CT molecular complexity index is 460. The SMILES string of the molecule is c1ccc(C(COC2CN3CCC2CC3)C2CCCC2)cc1. The highest BCUT2D eigenvalue weighted by Gasteiger charge is 2.36. The highest BCUT2D eigenvalue weighted by molar-refractivity contribution is 5.20. The van der Waals surface area contributed by atoms with E-state index in [1.165, 1.54) is 63.7 Å². The number of rotatable bonds is 5. The van der Waals surface area contributed by atoms with E-state index < -0.39 is 0 Å². The molecule has 0 spiro atoms. The minimum absolute atomic E-state index is 0.495. The van der Waals surface area contributed by atoms with Gasteiger partial charge in [-0.2, -0.15) is 0 Å². The van der Waals surface area contributed by atoms with Gasteiger partial charge < -0.3 is 9.64 Å². The van der Waals surface area contributed by atoms with Gasteiger partial charge in [0.05, 0.1) is 12.7 Å². The van der Waals surface area contributed by atoms with Gasteiger partial charge in [0.1, 0.15) is 0 Å². The van der Waals surface area contributed by atoms with E-state index in [1.807, 2.05) is 0 Å². The average molecular weight is 299 g/mol. The molecule has 22 heavy (non-hydrogen) atoms. The smallest absolute Gasteiger partial charge is 0.0731 e. The van der Waals surface area contributed by atoms with E-state index in [9.17, 15) is 0 Å². The van der Waals surface area contributed by atoms with Crippen molar-refractivity contribution in [2.45, 2.75) is 50.5 Å². The molecule has 0 amide bonds. The molecule has 120 valence electrons.